The first-order valence-electron chi connectivity index (χ1n) is 10.6. The molecule has 0 bridgehead atoms. The van der Waals surface area contributed by atoms with Crippen LogP contribution in [0.1, 0.15) is 25.0 Å². The van der Waals surface area contributed by atoms with Crippen LogP contribution >= 0.6 is 0 Å². The van der Waals surface area contributed by atoms with Crippen LogP contribution in [0, 0.1) is 6.92 Å². The largest absolute Gasteiger partial charge is 0.454 e. The molecule has 11 nitrogen and oxygen atoms in total. The van der Waals surface area contributed by atoms with Crippen LogP contribution in [0.3, 0.4) is 0 Å². The van der Waals surface area contributed by atoms with Crippen LogP contribution in [-0.4, -0.2) is 63.9 Å². The Kier molecular flexibility index (Phi) is 7.97. The van der Waals surface area contributed by atoms with E-state index >= 15 is 0 Å². The first-order valence-corrected chi connectivity index (χ1v) is 12.0. The number of anilines is 1. The van der Waals surface area contributed by atoms with Crippen molar-refractivity contribution in [1.82, 2.24) is 4.31 Å². The van der Waals surface area contributed by atoms with Gasteiger partial charge in [-0.25, -0.2) is 17.5 Å². The van der Waals surface area contributed by atoms with Gasteiger partial charge >= 0.3 is 5.97 Å². The van der Waals surface area contributed by atoms with Crippen molar-refractivity contribution in [3.8, 4) is 11.5 Å². The van der Waals surface area contributed by atoms with Crippen molar-refractivity contribution in [2.45, 2.75) is 31.8 Å². The molecule has 2 aromatic carbocycles. The average Bonchev–Trinajstić information content (AvgIpc) is 3.28. The molecule has 0 aliphatic carbocycles. The highest BCUT2D eigenvalue weighted by Crippen LogP contribution is 2.32. The Labute approximate surface area is 203 Å². The number of carbonyl (C=O) groups excluding carboxylic acids is 2. The number of sulfonamides is 1. The second-order valence-corrected chi connectivity index (χ2v) is 10.1. The van der Waals surface area contributed by atoms with Crippen molar-refractivity contribution in [3.05, 3.63) is 47.5 Å². The molecule has 0 radical (unpaired) electrons. The smallest absolute Gasteiger partial charge is 0.347 e. The molecule has 35 heavy (non-hydrogen) atoms. The Bertz CT molecular complexity index is 1260. The lowest BCUT2D eigenvalue weighted by molar-refractivity contribution is -0.157. The summed E-state index contributed by atoms with van der Waals surface area (Å²) in [6.07, 6.45) is -1.15. The Morgan fingerprint density at radius 3 is 2.57 bits per heavy atom. The minimum Gasteiger partial charge on any atom is -0.454 e. The number of esters is 1. The van der Waals surface area contributed by atoms with E-state index in [1.54, 1.807) is 38.1 Å². The molecule has 0 spiro atoms. The summed E-state index contributed by atoms with van der Waals surface area (Å²) in [5, 5.41) is 6.49. The van der Waals surface area contributed by atoms with Gasteiger partial charge in [-0.1, -0.05) is 11.2 Å². The zero-order valence-electron chi connectivity index (χ0n) is 20.0. The highest BCUT2D eigenvalue weighted by Gasteiger charge is 2.22. The molecule has 0 fully saturated rings. The molecule has 0 saturated carbocycles. The van der Waals surface area contributed by atoms with Gasteiger partial charge in [0.15, 0.2) is 17.6 Å². The van der Waals surface area contributed by atoms with Crippen molar-refractivity contribution in [2.24, 2.45) is 5.16 Å². The van der Waals surface area contributed by atoms with Gasteiger partial charge in [-0.3, -0.25) is 4.79 Å². The summed E-state index contributed by atoms with van der Waals surface area (Å²) in [4.78, 5) is 29.7. The van der Waals surface area contributed by atoms with Crippen LogP contribution in [0.5, 0.6) is 11.5 Å². The number of nitrogens with zero attached hydrogens (tertiary/aromatic N) is 2. The lowest BCUT2D eigenvalue weighted by atomic mass is 10.1. The molecule has 2 aromatic rings. The average molecular weight is 506 g/mol. The lowest BCUT2D eigenvalue weighted by Crippen LogP contribution is -2.31. The summed E-state index contributed by atoms with van der Waals surface area (Å²) in [6, 6.07) is 9.66. The summed E-state index contributed by atoms with van der Waals surface area (Å²) >= 11 is 0. The minimum atomic E-state index is -3.68. The molecule has 0 unspecified atom stereocenters. The summed E-state index contributed by atoms with van der Waals surface area (Å²) in [5.41, 5.74) is 2.17. The van der Waals surface area contributed by atoms with Crippen LogP contribution in [0.2, 0.25) is 0 Å². The Morgan fingerprint density at radius 1 is 1.14 bits per heavy atom. The molecule has 1 heterocycles. The van der Waals surface area contributed by atoms with Crippen LogP contribution in [0.4, 0.5) is 5.69 Å². The lowest BCUT2D eigenvalue weighted by Gasteiger charge is -2.16. The van der Waals surface area contributed by atoms with E-state index in [2.05, 4.69) is 10.5 Å². The number of hydrogen-bond acceptors (Lipinski definition) is 9. The van der Waals surface area contributed by atoms with E-state index in [1.165, 1.54) is 33.2 Å². The molecule has 1 N–H and O–H groups in total. The van der Waals surface area contributed by atoms with Gasteiger partial charge in [0.05, 0.1) is 10.6 Å². The molecule has 1 aliphatic heterocycles. The zero-order chi connectivity index (χ0) is 25.8. The molecule has 0 saturated heterocycles. The standard InChI is InChI=1S/C23H27N3O8S/c1-14-6-8-18(35(29,30)26(4)5)11-19(14)24-23(28)16(3)34-22(27)12-33-25-15(2)17-7-9-20-21(10-17)32-13-31-20/h6-11,16H,12-13H2,1-5H3,(H,24,28)/b25-15-/t16-/m0/s1. The zero-order valence-corrected chi connectivity index (χ0v) is 20.8. The highest BCUT2D eigenvalue weighted by molar-refractivity contribution is 7.89. The number of amides is 1. The fourth-order valence-electron chi connectivity index (χ4n) is 2.98. The third-order valence-corrected chi connectivity index (χ3v) is 6.91. The Hall–Kier alpha value is -3.64. The van der Waals surface area contributed by atoms with E-state index < -0.39 is 34.6 Å². The molecule has 1 amide bonds. The predicted octanol–water partition coefficient (Wildman–Crippen LogP) is 2.29. The van der Waals surface area contributed by atoms with Crippen molar-refractivity contribution in [3.63, 3.8) is 0 Å². The van der Waals surface area contributed by atoms with Gasteiger partial charge in [-0.05, 0) is 56.7 Å². The van der Waals surface area contributed by atoms with Crippen LogP contribution in [-0.2, 0) is 29.2 Å². The van der Waals surface area contributed by atoms with E-state index in [0.29, 0.717) is 28.5 Å². The maximum atomic E-state index is 12.5. The fourth-order valence-corrected chi connectivity index (χ4v) is 3.91. The number of nitrogens with one attached hydrogen (secondary N) is 1. The van der Waals surface area contributed by atoms with Crippen molar-refractivity contribution >= 4 is 33.3 Å². The molecule has 12 heteroatoms. The van der Waals surface area contributed by atoms with Crippen molar-refractivity contribution in [2.75, 3.05) is 32.8 Å². The Balaban J connectivity index is 1.54. The topological polar surface area (TPSA) is 133 Å². The van der Waals surface area contributed by atoms with E-state index in [1.807, 2.05) is 0 Å². The highest BCUT2D eigenvalue weighted by atomic mass is 32.2. The van der Waals surface area contributed by atoms with Gasteiger partial charge < -0.3 is 24.4 Å². The Morgan fingerprint density at radius 2 is 1.86 bits per heavy atom. The summed E-state index contributed by atoms with van der Waals surface area (Å²) in [6.45, 7) is 4.46. The summed E-state index contributed by atoms with van der Waals surface area (Å²) in [7, 11) is -0.848. The third-order valence-electron chi connectivity index (χ3n) is 5.10. The molecule has 1 atom stereocenters. The van der Waals surface area contributed by atoms with Gasteiger partial charge in [0, 0.05) is 25.3 Å². The predicted molar refractivity (Wildman–Crippen MR) is 127 cm³/mol. The van der Waals surface area contributed by atoms with Gasteiger partial charge in [0.25, 0.3) is 5.91 Å². The third kappa shape index (κ3) is 6.28. The number of rotatable bonds is 9. The minimum absolute atomic E-state index is 0.0251. The van der Waals surface area contributed by atoms with E-state index in [9.17, 15) is 18.0 Å². The SMILES string of the molecule is C/C(=N/OCC(=O)O[C@@H](C)C(=O)Nc1cc(S(=O)(=O)N(C)C)ccc1C)c1ccc2c(c1)OCO2. The normalized spacial score (nSPS) is 13.9. The summed E-state index contributed by atoms with van der Waals surface area (Å²) in [5.74, 6) is -0.188. The quantitative estimate of drug-likeness (QED) is 0.312. The number of aryl methyl sites for hydroxylation is 1. The molecule has 1 aliphatic rings. The number of carbonyl (C=O) groups is 2. The fraction of sp³-hybridized carbons (Fsp3) is 0.348. The maximum absolute atomic E-state index is 12.5. The number of fused-ring (bicyclic) bond motifs is 1. The van der Waals surface area contributed by atoms with Crippen molar-refractivity contribution < 1.29 is 37.1 Å². The maximum Gasteiger partial charge on any atom is 0.347 e. The molecular weight excluding hydrogens is 478 g/mol. The van der Waals surface area contributed by atoms with Crippen LogP contribution in [0.15, 0.2) is 46.4 Å². The molecule has 188 valence electrons. The molecular formula is C23H27N3O8S. The van der Waals surface area contributed by atoms with E-state index in [4.69, 9.17) is 19.0 Å². The first kappa shape index (κ1) is 26.0. The van der Waals surface area contributed by atoms with Gasteiger partial charge in [0.2, 0.25) is 23.4 Å². The monoisotopic (exact) mass is 505 g/mol. The van der Waals surface area contributed by atoms with E-state index in [-0.39, 0.29) is 11.7 Å². The van der Waals surface area contributed by atoms with Gasteiger partial charge in [-0.2, -0.15) is 0 Å². The first-order chi connectivity index (χ1) is 16.5. The number of benzene rings is 2. The number of oxime groups is 1. The summed E-state index contributed by atoms with van der Waals surface area (Å²) < 4.78 is 41.5. The van der Waals surface area contributed by atoms with Crippen molar-refractivity contribution in [1.29, 1.82) is 0 Å². The van der Waals surface area contributed by atoms with Crippen LogP contribution in [0.25, 0.3) is 0 Å². The van der Waals surface area contributed by atoms with Crippen LogP contribution < -0.4 is 14.8 Å². The second-order valence-electron chi connectivity index (χ2n) is 7.90. The molecule has 0 aromatic heterocycles. The van der Waals surface area contributed by atoms with E-state index in [0.717, 1.165) is 9.87 Å². The molecule has 3 rings (SSSR count). The number of hydrogen-bond donors (Lipinski definition) is 1. The van der Waals surface area contributed by atoms with Gasteiger partial charge in [-0.15, -0.1) is 0 Å². The van der Waals surface area contributed by atoms with Gasteiger partial charge in [0.1, 0.15) is 0 Å². The number of ether oxygens (including phenoxy) is 3. The second kappa shape index (κ2) is 10.7.